The summed E-state index contributed by atoms with van der Waals surface area (Å²) in [5.74, 6) is 0. The Bertz CT molecular complexity index is 382. The Morgan fingerprint density at radius 2 is 2.25 bits per heavy atom. The van der Waals surface area contributed by atoms with E-state index < -0.39 is 9.84 Å². The van der Waals surface area contributed by atoms with Gasteiger partial charge in [0.15, 0.2) is 14.9 Å². The molecule has 0 aliphatic heterocycles. The molecule has 0 spiro atoms. The lowest BCUT2D eigenvalue weighted by molar-refractivity contribution is 0.582. The zero-order valence-corrected chi connectivity index (χ0v) is 9.18. The van der Waals surface area contributed by atoms with Crippen LogP contribution in [0.4, 0.5) is 0 Å². The van der Waals surface area contributed by atoms with Crippen LogP contribution in [-0.4, -0.2) is 24.5 Å². The van der Waals surface area contributed by atoms with Crippen molar-refractivity contribution in [2.24, 2.45) is 7.05 Å². The average Bonchev–Trinajstić information content (AvgIpc) is 2.29. The van der Waals surface area contributed by atoms with Crippen molar-refractivity contribution in [1.29, 1.82) is 0 Å². The molecule has 1 aromatic rings. The predicted octanol–water partition coefficient (Wildman–Crippen LogP) is 0.719. The van der Waals surface area contributed by atoms with Gasteiger partial charge in [0.2, 0.25) is 0 Å². The number of alkyl halides is 1. The number of hydrogen-bond acceptors (Lipinski definition) is 3. The SMILES string of the molecule is Cn1nc(CBr)cc1S(C)(=O)=O. The Morgan fingerprint density at radius 1 is 1.67 bits per heavy atom. The van der Waals surface area contributed by atoms with Gasteiger partial charge in [0.25, 0.3) is 0 Å². The third-order valence-electron chi connectivity index (χ3n) is 1.40. The van der Waals surface area contributed by atoms with Gasteiger partial charge in [-0.2, -0.15) is 5.10 Å². The lowest BCUT2D eigenvalue weighted by Crippen LogP contribution is -2.04. The van der Waals surface area contributed by atoms with E-state index in [4.69, 9.17) is 0 Å². The van der Waals surface area contributed by atoms with Crippen LogP contribution >= 0.6 is 15.9 Å². The van der Waals surface area contributed by atoms with Crippen molar-refractivity contribution in [3.63, 3.8) is 0 Å². The lowest BCUT2D eigenvalue weighted by atomic mass is 10.5. The monoisotopic (exact) mass is 252 g/mol. The van der Waals surface area contributed by atoms with Crippen molar-refractivity contribution in [2.45, 2.75) is 10.4 Å². The molecular weight excluding hydrogens is 244 g/mol. The lowest BCUT2D eigenvalue weighted by Gasteiger charge is -1.95. The van der Waals surface area contributed by atoms with Crippen LogP contribution in [0.25, 0.3) is 0 Å². The first-order chi connectivity index (χ1) is 5.45. The van der Waals surface area contributed by atoms with Gasteiger partial charge in [-0.1, -0.05) is 15.9 Å². The van der Waals surface area contributed by atoms with Crippen molar-refractivity contribution in [1.82, 2.24) is 9.78 Å². The third kappa shape index (κ3) is 1.87. The molecule has 0 atom stereocenters. The molecule has 0 fully saturated rings. The highest BCUT2D eigenvalue weighted by Crippen LogP contribution is 2.11. The molecule has 0 N–H and O–H groups in total. The number of sulfone groups is 1. The number of nitrogens with zero attached hydrogens (tertiary/aromatic N) is 2. The van der Waals surface area contributed by atoms with E-state index in [1.807, 2.05) is 0 Å². The Morgan fingerprint density at radius 3 is 2.50 bits per heavy atom. The zero-order valence-electron chi connectivity index (χ0n) is 6.78. The molecule has 0 radical (unpaired) electrons. The van der Waals surface area contributed by atoms with E-state index >= 15 is 0 Å². The number of hydrogen-bond donors (Lipinski definition) is 0. The van der Waals surface area contributed by atoms with Gasteiger partial charge in [0, 0.05) is 18.6 Å². The van der Waals surface area contributed by atoms with Crippen LogP contribution in [0.1, 0.15) is 5.69 Å². The van der Waals surface area contributed by atoms with Crippen LogP contribution in [0.5, 0.6) is 0 Å². The van der Waals surface area contributed by atoms with Crippen molar-refractivity contribution < 1.29 is 8.42 Å². The molecule has 1 rings (SSSR count). The van der Waals surface area contributed by atoms with E-state index in [2.05, 4.69) is 21.0 Å². The van der Waals surface area contributed by atoms with Gasteiger partial charge in [-0.05, 0) is 6.07 Å². The second kappa shape index (κ2) is 3.18. The highest BCUT2D eigenvalue weighted by Gasteiger charge is 2.13. The average molecular weight is 253 g/mol. The molecule has 0 aliphatic rings. The van der Waals surface area contributed by atoms with Crippen LogP contribution in [-0.2, 0) is 22.2 Å². The van der Waals surface area contributed by atoms with Crippen molar-refractivity contribution in [2.75, 3.05) is 6.26 Å². The summed E-state index contributed by atoms with van der Waals surface area (Å²) in [5, 5.41) is 4.80. The standard InChI is InChI=1S/C6H9BrN2O2S/c1-9-6(12(2,10)11)3-5(4-7)8-9/h3H,4H2,1-2H3. The van der Waals surface area contributed by atoms with Crippen LogP contribution < -0.4 is 0 Å². The first-order valence-corrected chi connectivity index (χ1v) is 6.25. The second-order valence-electron chi connectivity index (χ2n) is 2.50. The van der Waals surface area contributed by atoms with Crippen molar-refractivity contribution >= 4 is 25.8 Å². The van der Waals surface area contributed by atoms with Crippen LogP contribution in [0.15, 0.2) is 11.1 Å². The number of aromatic nitrogens is 2. The van der Waals surface area contributed by atoms with Gasteiger partial charge in [0.1, 0.15) is 0 Å². The summed E-state index contributed by atoms with van der Waals surface area (Å²) in [7, 11) is -1.53. The van der Waals surface area contributed by atoms with E-state index in [9.17, 15) is 8.42 Å². The second-order valence-corrected chi connectivity index (χ2v) is 5.03. The molecule has 1 aromatic heterocycles. The van der Waals surface area contributed by atoms with E-state index in [1.165, 1.54) is 10.9 Å². The summed E-state index contributed by atoms with van der Waals surface area (Å²) < 4.78 is 23.6. The highest BCUT2D eigenvalue weighted by molar-refractivity contribution is 9.08. The molecule has 0 amide bonds. The molecule has 12 heavy (non-hydrogen) atoms. The van der Waals surface area contributed by atoms with Gasteiger partial charge in [-0.25, -0.2) is 8.42 Å². The Labute approximate surface area is 79.6 Å². The highest BCUT2D eigenvalue weighted by atomic mass is 79.9. The maximum atomic E-state index is 11.1. The first kappa shape index (κ1) is 9.73. The van der Waals surface area contributed by atoms with Crippen LogP contribution in [0.3, 0.4) is 0 Å². The molecule has 1 heterocycles. The Balaban J connectivity index is 3.27. The van der Waals surface area contributed by atoms with E-state index in [1.54, 1.807) is 13.1 Å². The molecule has 0 unspecified atom stereocenters. The quantitative estimate of drug-likeness (QED) is 0.730. The Hall–Kier alpha value is -0.360. The molecule has 0 aliphatic carbocycles. The minimum absolute atomic E-state index is 0.247. The molecule has 0 saturated carbocycles. The normalized spacial score (nSPS) is 11.9. The van der Waals surface area contributed by atoms with Gasteiger partial charge in [-0.15, -0.1) is 0 Å². The largest absolute Gasteiger partial charge is 0.257 e. The summed E-state index contributed by atoms with van der Waals surface area (Å²) in [4.78, 5) is 0. The maximum absolute atomic E-state index is 11.1. The molecule has 4 nitrogen and oxygen atoms in total. The van der Waals surface area contributed by atoms with Crippen molar-refractivity contribution in [3.05, 3.63) is 11.8 Å². The van der Waals surface area contributed by atoms with Gasteiger partial charge in [-0.3, -0.25) is 4.68 Å². The summed E-state index contributed by atoms with van der Waals surface area (Å²) in [6, 6.07) is 1.56. The number of halogens is 1. The predicted molar refractivity (Wildman–Crippen MR) is 48.9 cm³/mol. The summed E-state index contributed by atoms with van der Waals surface area (Å²) in [6.45, 7) is 0. The summed E-state index contributed by atoms with van der Waals surface area (Å²) in [6.07, 6.45) is 1.17. The van der Waals surface area contributed by atoms with E-state index in [0.29, 0.717) is 5.33 Å². The number of rotatable bonds is 2. The van der Waals surface area contributed by atoms with Gasteiger partial charge < -0.3 is 0 Å². The summed E-state index contributed by atoms with van der Waals surface area (Å²) in [5.41, 5.74) is 0.720. The zero-order chi connectivity index (χ0) is 9.35. The smallest absolute Gasteiger partial charge is 0.192 e. The van der Waals surface area contributed by atoms with E-state index in [0.717, 1.165) is 5.69 Å². The topological polar surface area (TPSA) is 52.0 Å². The molecular formula is C6H9BrN2O2S. The number of aryl methyl sites for hydroxylation is 1. The fourth-order valence-electron chi connectivity index (χ4n) is 0.919. The molecule has 68 valence electrons. The Kier molecular flexibility index (Phi) is 2.58. The fourth-order valence-corrected chi connectivity index (χ4v) is 2.06. The molecule has 0 aromatic carbocycles. The molecule has 0 saturated heterocycles. The molecule has 0 bridgehead atoms. The fraction of sp³-hybridized carbons (Fsp3) is 0.500. The minimum atomic E-state index is -3.14. The van der Waals surface area contributed by atoms with E-state index in [-0.39, 0.29) is 5.03 Å². The summed E-state index contributed by atoms with van der Waals surface area (Å²) >= 11 is 3.20. The maximum Gasteiger partial charge on any atom is 0.192 e. The van der Waals surface area contributed by atoms with Crippen LogP contribution in [0, 0.1) is 0 Å². The van der Waals surface area contributed by atoms with Crippen molar-refractivity contribution in [3.8, 4) is 0 Å². The van der Waals surface area contributed by atoms with Gasteiger partial charge >= 0.3 is 0 Å². The minimum Gasteiger partial charge on any atom is -0.257 e. The van der Waals surface area contributed by atoms with Crippen LogP contribution in [0.2, 0.25) is 0 Å². The van der Waals surface area contributed by atoms with Gasteiger partial charge in [0.05, 0.1) is 5.69 Å². The first-order valence-electron chi connectivity index (χ1n) is 3.24. The third-order valence-corrected chi connectivity index (χ3v) is 3.12. The molecule has 6 heteroatoms.